The Labute approximate surface area is 105 Å². The van der Waals surface area contributed by atoms with E-state index in [0.29, 0.717) is 0 Å². The maximum atomic E-state index is 9.75. The van der Waals surface area contributed by atoms with Crippen LogP contribution in [-0.4, -0.2) is 7.25 Å². The predicted molar refractivity (Wildman–Crippen MR) is 72.0 cm³/mol. The Morgan fingerprint density at radius 3 is 1.17 bits per heavy atom. The Bertz CT molecular complexity index is 401. The Hall–Kier alpha value is -1.35. The zero-order valence-corrected chi connectivity index (χ0v) is 10.6. The number of hydrogen-bond donors (Lipinski definition) is 0. The average molecular weight is 274 g/mol. The fourth-order valence-electron chi connectivity index (χ4n) is 1.29. The van der Waals surface area contributed by atoms with E-state index in [4.69, 9.17) is 0 Å². The molecular weight excluding hydrogens is 262 g/mol. The molecule has 0 saturated carbocycles. The van der Waals surface area contributed by atoms with Crippen LogP contribution in [0.2, 0.25) is 0 Å². The van der Waals surface area contributed by atoms with Gasteiger partial charge in [0.15, 0.2) is 0 Å². The number of hydrogen-bond acceptors (Lipinski definition) is 0. The van der Waals surface area contributed by atoms with Crippen LogP contribution < -0.4 is 10.6 Å². The average Bonchev–Trinajstić information content (AvgIpc) is 2.29. The van der Waals surface area contributed by atoms with E-state index < -0.39 is 7.25 Å². The van der Waals surface area contributed by atoms with E-state index in [1.165, 1.54) is 10.6 Å². The minimum absolute atomic E-state index is 0.271. The van der Waals surface area contributed by atoms with Crippen LogP contribution in [-0.2, 0) is 0 Å². The van der Waals surface area contributed by atoms with Crippen molar-refractivity contribution in [3.05, 3.63) is 60.7 Å². The Balaban J connectivity index is 0.000000280. The molecule has 0 heterocycles. The van der Waals surface area contributed by atoms with Crippen LogP contribution in [0.4, 0.5) is 17.3 Å². The van der Waals surface area contributed by atoms with E-state index in [9.17, 15) is 17.3 Å². The lowest BCUT2D eigenvalue weighted by Crippen LogP contribution is -2.02. The lowest BCUT2D eigenvalue weighted by Gasteiger charge is -1.94. The molecule has 2 aromatic carbocycles. The largest absolute Gasteiger partial charge is 0.673 e. The number of benzene rings is 2. The molecule has 0 saturated heterocycles. The fraction of sp³-hybridized carbons (Fsp3) is 0. The summed E-state index contributed by atoms with van der Waals surface area (Å²) in [5, 5.41) is 2.90. The highest BCUT2D eigenvalue weighted by Gasteiger charge is 2.20. The number of rotatable bonds is 2. The van der Waals surface area contributed by atoms with Crippen LogP contribution >= 0.6 is 8.58 Å². The van der Waals surface area contributed by atoms with Crippen molar-refractivity contribution in [3.63, 3.8) is 0 Å². The molecule has 0 amide bonds. The minimum atomic E-state index is -6.00. The molecule has 0 fully saturated rings. The molecule has 0 atom stereocenters. The van der Waals surface area contributed by atoms with Crippen molar-refractivity contribution in [2.45, 2.75) is 0 Å². The quantitative estimate of drug-likeness (QED) is 0.447. The van der Waals surface area contributed by atoms with Crippen LogP contribution in [0.5, 0.6) is 0 Å². The summed E-state index contributed by atoms with van der Waals surface area (Å²) in [4.78, 5) is 0. The molecule has 6 heteroatoms. The van der Waals surface area contributed by atoms with E-state index >= 15 is 0 Å². The SMILES string of the molecule is F[B-](F)(F)F.c1ccc([PH2+]c2ccccc2)cc1. The van der Waals surface area contributed by atoms with Gasteiger partial charge in [-0.2, -0.15) is 0 Å². The second kappa shape index (κ2) is 7.17. The van der Waals surface area contributed by atoms with E-state index in [-0.39, 0.29) is 8.58 Å². The van der Waals surface area contributed by atoms with Gasteiger partial charge < -0.3 is 17.3 Å². The zero-order chi connectivity index (χ0) is 13.4. The van der Waals surface area contributed by atoms with Crippen LogP contribution in [0.15, 0.2) is 60.7 Å². The van der Waals surface area contributed by atoms with Crippen molar-refractivity contribution in [2.75, 3.05) is 0 Å². The smallest absolute Gasteiger partial charge is 0.418 e. The van der Waals surface area contributed by atoms with Crippen molar-refractivity contribution >= 4 is 26.4 Å². The van der Waals surface area contributed by atoms with Gasteiger partial charge in [0, 0.05) is 0 Å². The second-order valence-electron chi connectivity index (χ2n) is 3.46. The molecule has 2 rings (SSSR count). The molecule has 0 unspecified atom stereocenters. The molecule has 2 aromatic rings. The zero-order valence-electron chi connectivity index (χ0n) is 9.44. The molecule has 0 aliphatic heterocycles. The standard InChI is InChI=1S/C12H11P.BF4/c1-3-7-11(8-4-1)13-12-9-5-2-6-10-12;2-1(3,4)5/h1-10,13H;/q;-1/p+1. The molecule has 96 valence electrons. The molecule has 0 bridgehead atoms. The maximum absolute atomic E-state index is 9.75. The lowest BCUT2D eigenvalue weighted by atomic mass is 10.3. The summed E-state index contributed by atoms with van der Waals surface area (Å²) in [6.45, 7) is 0. The molecule has 0 N–H and O–H groups in total. The molecule has 0 aliphatic carbocycles. The maximum Gasteiger partial charge on any atom is 0.673 e. The first-order chi connectivity index (χ1) is 8.45. The van der Waals surface area contributed by atoms with Gasteiger partial charge in [-0.05, 0) is 24.3 Å². The Morgan fingerprint density at radius 2 is 0.889 bits per heavy atom. The van der Waals surface area contributed by atoms with Gasteiger partial charge in [-0.15, -0.1) is 0 Å². The predicted octanol–water partition coefficient (Wildman–Crippen LogP) is 3.35. The van der Waals surface area contributed by atoms with Crippen LogP contribution in [0, 0.1) is 0 Å². The van der Waals surface area contributed by atoms with Crippen LogP contribution in [0.25, 0.3) is 0 Å². The third kappa shape index (κ3) is 7.85. The first-order valence-electron chi connectivity index (χ1n) is 5.27. The first-order valence-corrected chi connectivity index (χ1v) is 6.43. The van der Waals surface area contributed by atoms with Gasteiger partial charge in [-0.25, -0.2) is 0 Å². The highest BCUT2D eigenvalue weighted by molar-refractivity contribution is 7.55. The van der Waals surface area contributed by atoms with E-state index in [2.05, 4.69) is 60.7 Å². The van der Waals surface area contributed by atoms with Crippen molar-refractivity contribution in [3.8, 4) is 0 Å². The second-order valence-corrected chi connectivity index (χ2v) is 5.08. The first kappa shape index (κ1) is 14.7. The summed E-state index contributed by atoms with van der Waals surface area (Å²) in [7, 11) is -5.73. The van der Waals surface area contributed by atoms with Gasteiger partial charge >= 0.3 is 7.25 Å². The van der Waals surface area contributed by atoms with E-state index in [1.54, 1.807) is 0 Å². The number of halogens is 4. The third-order valence-electron chi connectivity index (χ3n) is 1.93. The monoisotopic (exact) mass is 274 g/mol. The summed E-state index contributed by atoms with van der Waals surface area (Å²) in [5.41, 5.74) is 0. The topological polar surface area (TPSA) is 0 Å². The van der Waals surface area contributed by atoms with Crippen molar-refractivity contribution in [2.24, 2.45) is 0 Å². The Morgan fingerprint density at radius 1 is 0.611 bits per heavy atom. The Kier molecular flexibility index (Phi) is 5.86. The molecule has 18 heavy (non-hydrogen) atoms. The van der Waals surface area contributed by atoms with Crippen LogP contribution in [0.1, 0.15) is 0 Å². The van der Waals surface area contributed by atoms with Crippen molar-refractivity contribution < 1.29 is 17.3 Å². The van der Waals surface area contributed by atoms with E-state index in [0.717, 1.165) is 0 Å². The minimum Gasteiger partial charge on any atom is -0.418 e. The summed E-state index contributed by atoms with van der Waals surface area (Å²) in [6.07, 6.45) is 0. The van der Waals surface area contributed by atoms with Gasteiger partial charge in [-0.1, -0.05) is 36.4 Å². The van der Waals surface area contributed by atoms with Crippen LogP contribution in [0.3, 0.4) is 0 Å². The molecule has 0 spiro atoms. The van der Waals surface area contributed by atoms with Gasteiger partial charge in [0.1, 0.15) is 0 Å². The molecule has 0 aliphatic rings. The van der Waals surface area contributed by atoms with Crippen molar-refractivity contribution in [1.82, 2.24) is 0 Å². The fourth-order valence-corrected chi connectivity index (χ4v) is 2.51. The molecule has 0 aromatic heterocycles. The highest BCUT2D eigenvalue weighted by atomic mass is 31.1. The normalized spacial score (nSPS) is 10.4. The van der Waals surface area contributed by atoms with Gasteiger partial charge in [0.2, 0.25) is 0 Å². The van der Waals surface area contributed by atoms with Gasteiger partial charge in [0.25, 0.3) is 0 Å². The highest BCUT2D eigenvalue weighted by Crippen LogP contribution is 2.08. The summed E-state index contributed by atoms with van der Waals surface area (Å²) in [6, 6.07) is 21.3. The summed E-state index contributed by atoms with van der Waals surface area (Å²) in [5.74, 6) is 0. The lowest BCUT2D eigenvalue weighted by molar-refractivity contribution is 0.368. The van der Waals surface area contributed by atoms with Gasteiger partial charge in [-0.3, -0.25) is 0 Å². The third-order valence-corrected chi connectivity index (χ3v) is 3.37. The molecule has 0 radical (unpaired) electrons. The summed E-state index contributed by atoms with van der Waals surface area (Å²) < 4.78 is 39.0. The summed E-state index contributed by atoms with van der Waals surface area (Å²) >= 11 is 0. The molecular formula is C12H12BF4P. The van der Waals surface area contributed by atoms with Gasteiger partial charge in [0.05, 0.1) is 19.2 Å². The van der Waals surface area contributed by atoms with E-state index in [1.807, 2.05) is 0 Å². The molecule has 0 nitrogen and oxygen atoms in total. The van der Waals surface area contributed by atoms with Crippen molar-refractivity contribution in [1.29, 1.82) is 0 Å².